The van der Waals surface area contributed by atoms with Crippen LogP contribution in [0.4, 0.5) is 0 Å². The first-order valence-electron chi connectivity index (χ1n) is 12.3. The van der Waals surface area contributed by atoms with Gasteiger partial charge in [-0.25, -0.2) is 8.42 Å². The topological polar surface area (TPSA) is 102 Å². The van der Waals surface area contributed by atoms with Gasteiger partial charge in [-0.2, -0.15) is 9.40 Å². The molecular weight excluding hydrogens is 502 g/mol. The Labute approximate surface area is 215 Å². The summed E-state index contributed by atoms with van der Waals surface area (Å²) < 4.78 is 36.8. The second kappa shape index (κ2) is 9.68. The van der Waals surface area contributed by atoms with Gasteiger partial charge >= 0.3 is 5.97 Å². The highest BCUT2D eigenvalue weighted by Gasteiger charge is 2.51. The Bertz CT molecular complexity index is 1380. The predicted molar refractivity (Wildman–Crippen MR) is 137 cm³/mol. The van der Waals surface area contributed by atoms with Crippen molar-refractivity contribution in [3.05, 3.63) is 53.2 Å². The van der Waals surface area contributed by atoms with Crippen LogP contribution >= 0.6 is 11.6 Å². The first-order chi connectivity index (χ1) is 17.2. The first kappa shape index (κ1) is 25.0. The van der Waals surface area contributed by atoms with E-state index >= 15 is 0 Å². The van der Waals surface area contributed by atoms with Crippen LogP contribution in [0.15, 0.2) is 47.4 Å². The molecule has 8 nitrogen and oxygen atoms in total. The molecule has 1 N–H and O–H groups in total. The molecule has 36 heavy (non-hydrogen) atoms. The van der Waals surface area contributed by atoms with Crippen molar-refractivity contribution in [2.75, 3.05) is 13.2 Å². The molecule has 1 saturated carbocycles. The number of hydrogen-bond donors (Lipinski definition) is 1. The van der Waals surface area contributed by atoms with Crippen molar-refractivity contribution in [1.29, 1.82) is 0 Å². The molecule has 3 aromatic rings. The van der Waals surface area contributed by atoms with Gasteiger partial charge in [0.05, 0.1) is 41.2 Å². The largest absolute Gasteiger partial charge is 0.494 e. The van der Waals surface area contributed by atoms with Crippen LogP contribution in [0.1, 0.15) is 44.8 Å². The van der Waals surface area contributed by atoms with Gasteiger partial charge in [0.15, 0.2) is 0 Å². The van der Waals surface area contributed by atoms with Crippen molar-refractivity contribution in [3.63, 3.8) is 0 Å². The van der Waals surface area contributed by atoms with E-state index in [1.807, 2.05) is 18.5 Å². The fourth-order valence-electron chi connectivity index (χ4n) is 5.65. The maximum atomic E-state index is 13.9. The lowest BCUT2D eigenvalue weighted by Gasteiger charge is -2.39. The van der Waals surface area contributed by atoms with Crippen LogP contribution in [0.25, 0.3) is 10.9 Å². The summed E-state index contributed by atoms with van der Waals surface area (Å²) in [7, 11) is -3.77. The molecule has 1 saturated heterocycles. The molecule has 2 heterocycles. The lowest BCUT2D eigenvalue weighted by molar-refractivity contribution is -0.136. The van der Waals surface area contributed by atoms with E-state index in [0.29, 0.717) is 29.6 Å². The van der Waals surface area contributed by atoms with Crippen LogP contribution in [-0.4, -0.2) is 52.8 Å². The number of aliphatic carboxylic acids is 1. The van der Waals surface area contributed by atoms with E-state index in [2.05, 4.69) is 0 Å². The van der Waals surface area contributed by atoms with Gasteiger partial charge in [-0.3, -0.25) is 9.48 Å². The summed E-state index contributed by atoms with van der Waals surface area (Å²) in [5.74, 6) is -0.164. The normalized spacial score (nSPS) is 23.1. The maximum Gasteiger partial charge on any atom is 0.309 e. The quantitative estimate of drug-likeness (QED) is 0.449. The number of halogens is 1. The van der Waals surface area contributed by atoms with Crippen molar-refractivity contribution < 1.29 is 23.1 Å². The molecule has 192 valence electrons. The summed E-state index contributed by atoms with van der Waals surface area (Å²) in [6.07, 6.45) is 2.75. The molecule has 0 amide bonds. The number of hydrogen-bond acceptors (Lipinski definition) is 5. The van der Waals surface area contributed by atoms with E-state index in [0.717, 1.165) is 30.2 Å². The van der Waals surface area contributed by atoms with Gasteiger partial charge in [0.1, 0.15) is 5.75 Å². The highest BCUT2D eigenvalue weighted by atomic mass is 35.5. The minimum atomic E-state index is -3.77. The van der Waals surface area contributed by atoms with Gasteiger partial charge in [0.2, 0.25) is 10.0 Å². The van der Waals surface area contributed by atoms with E-state index in [1.54, 1.807) is 46.8 Å². The summed E-state index contributed by atoms with van der Waals surface area (Å²) in [6, 6.07) is 11.4. The number of ether oxygens (including phenoxy) is 1. The third-order valence-corrected chi connectivity index (χ3v) is 9.57. The Hall–Kier alpha value is -2.62. The molecule has 2 aliphatic rings. The minimum Gasteiger partial charge on any atom is -0.494 e. The molecule has 0 bridgehead atoms. The second-order valence-electron chi connectivity index (χ2n) is 9.75. The molecule has 0 spiro atoms. The zero-order valence-electron chi connectivity index (χ0n) is 20.3. The number of carboxylic acids is 1. The van der Waals surface area contributed by atoms with Crippen molar-refractivity contribution >= 4 is 38.5 Å². The zero-order valence-corrected chi connectivity index (χ0v) is 21.9. The number of rotatable bonds is 8. The van der Waals surface area contributed by atoms with Gasteiger partial charge in [-0.05, 0) is 74.1 Å². The number of benzene rings is 2. The molecule has 1 aliphatic carbocycles. The second-order valence-corrected chi connectivity index (χ2v) is 12.1. The summed E-state index contributed by atoms with van der Waals surface area (Å²) in [4.78, 5) is 11.8. The molecule has 1 aliphatic heterocycles. The van der Waals surface area contributed by atoms with Crippen LogP contribution in [-0.2, 0) is 21.2 Å². The lowest BCUT2D eigenvalue weighted by Crippen LogP contribution is -2.45. The summed E-state index contributed by atoms with van der Waals surface area (Å²) in [5, 5.41) is 15.5. The predicted octanol–water partition coefficient (Wildman–Crippen LogP) is 4.77. The van der Waals surface area contributed by atoms with Gasteiger partial charge in [0.25, 0.3) is 0 Å². The van der Waals surface area contributed by atoms with Crippen LogP contribution in [0.2, 0.25) is 5.02 Å². The third-order valence-electron chi connectivity index (χ3n) is 7.45. The van der Waals surface area contributed by atoms with Crippen LogP contribution < -0.4 is 4.74 Å². The number of carboxylic acid groups (broad SMARTS) is 1. The highest BCUT2D eigenvalue weighted by molar-refractivity contribution is 7.89. The SMILES string of the molecule is CCOc1ccc(S(=O)(=O)N2C[C@@H](C)[C@@H](n3nc(CC(=O)O)c4ccc(Cl)cc43)C2C2CCC2)cc1. The molecule has 10 heteroatoms. The Balaban J connectivity index is 1.59. The van der Waals surface area contributed by atoms with Crippen molar-refractivity contribution in [2.45, 2.75) is 56.5 Å². The number of nitrogens with zero attached hydrogens (tertiary/aromatic N) is 3. The Kier molecular flexibility index (Phi) is 6.74. The standard InChI is InChI=1S/C26H30ClN3O5S/c1-3-35-19-8-10-20(11-9-19)36(33,34)29-15-16(2)25(26(29)17-5-4-6-17)30-23-13-18(27)7-12-21(23)22(28-30)14-24(31)32/h7-13,16-17,25-26H,3-6,14-15H2,1-2H3,(H,31,32)/t16-,25-,26?/m1/s1. The monoisotopic (exact) mass is 531 g/mol. The minimum absolute atomic E-state index is 0.0344. The maximum absolute atomic E-state index is 13.9. The van der Waals surface area contributed by atoms with E-state index in [-0.39, 0.29) is 35.2 Å². The van der Waals surface area contributed by atoms with Crippen LogP contribution in [0.5, 0.6) is 5.75 Å². The van der Waals surface area contributed by atoms with E-state index in [9.17, 15) is 18.3 Å². The third kappa shape index (κ3) is 4.37. The van der Waals surface area contributed by atoms with Crippen molar-refractivity contribution in [2.24, 2.45) is 11.8 Å². The number of fused-ring (bicyclic) bond motifs is 1. The van der Waals surface area contributed by atoms with Crippen LogP contribution in [0, 0.1) is 11.8 Å². The molecule has 5 rings (SSSR count). The summed E-state index contributed by atoms with van der Waals surface area (Å²) >= 11 is 6.33. The van der Waals surface area contributed by atoms with Gasteiger partial charge in [-0.15, -0.1) is 0 Å². The molecule has 2 fully saturated rings. The lowest BCUT2D eigenvalue weighted by atomic mass is 9.76. The van der Waals surface area contributed by atoms with Crippen molar-refractivity contribution in [3.8, 4) is 5.75 Å². The zero-order chi connectivity index (χ0) is 25.6. The van der Waals surface area contributed by atoms with E-state index < -0.39 is 16.0 Å². The fraction of sp³-hybridized carbons (Fsp3) is 0.462. The molecule has 0 radical (unpaired) electrons. The molecule has 1 aromatic heterocycles. The fourth-order valence-corrected chi connectivity index (χ4v) is 7.61. The Morgan fingerprint density at radius 1 is 1.17 bits per heavy atom. The number of aromatic nitrogens is 2. The first-order valence-corrected chi connectivity index (χ1v) is 14.2. The molecular formula is C26H30ClN3O5S. The molecule has 3 atom stereocenters. The van der Waals surface area contributed by atoms with Crippen LogP contribution in [0.3, 0.4) is 0 Å². The Morgan fingerprint density at radius 3 is 2.50 bits per heavy atom. The smallest absolute Gasteiger partial charge is 0.309 e. The van der Waals surface area contributed by atoms with Crippen molar-refractivity contribution in [1.82, 2.24) is 14.1 Å². The molecule has 1 unspecified atom stereocenters. The summed E-state index contributed by atoms with van der Waals surface area (Å²) in [5.41, 5.74) is 1.20. The van der Waals surface area contributed by atoms with E-state index in [1.165, 1.54) is 0 Å². The number of sulfonamides is 1. The van der Waals surface area contributed by atoms with Gasteiger partial charge in [0, 0.05) is 17.0 Å². The number of carbonyl (C=O) groups is 1. The average Bonchev–Trinajstić information content (AvgIpc) is 3.30. The Morgan fingerprint density at radius 2 is 1.89 bits per heavy atom. The van der Waals surface area contributed by atoms with Gasteiger partial charge < -0.3 is 9.84 Å². The average molecular weight is 532 g/mol. The summed E-state index contributed by atoms with van der Waals surface area (Å²) in [6.45, 7) is 4.79. The highest BCUT2D eigenvalue weighted by Crippen LogP contribution is 2.47. The van der Waals surface area contributed by atoms with E-state index in [4.69, 9.17) is 21.4 Å². The van der Waals surface area contributed by atoms with Gasteiger partial charge in [-0.1, -0.05) is 24.9 Å². The molecule has 2 aromatic carbocycles.